The van der Waals surface area contributed by atoms with Gasteiger partial charge in [0.25, 0.3) is 0 Å². The van der Waals surface area contributed by atoms with Crippen molar-refractivity contribution >= 4 is 11.7 Å². The molecule has 1 aromatic heterocycles. The van der Waals surface area contributed by atoms with E-state index in [0.29, 0.717) is 23.9 Å². The first kappa shape index (κ1) is 18.4. The summed E-state index contributed by atoms with van der Waals surface area (Å²) in [7, 11) is 3.22. The zero-order chi connectivity index (χ0) is 20.7. The first-order chi connectivity index (χ1) is 14.7. The van der Waals surface area contributed by atoms with Crippen LogP contribution in [0, 0.1) is 5.92 Å². The number of nitrogens with zero attached hydrogens (tertiary/aromatic N) is 3. The molecule has 2 aromatic carbocycles. The van der Waals surface area contributed by atoms with Gasteiger partial charge in [-0.2, -0.15) is 10.1 Å². The fourth-order valence-electron chi connectivity index (χ4n) is 4.46. The maximum absolute atomic E-state index is 13.4. The zero-order valence-corrected chi connectivity index (χ0v) is 16.8. The number of allylic oxidation sites excluding steroid dienone is 2. The summed E-state index contributed by atoms with van der Waals surface area (Å²) in [5.74, 6) is 1.77. The summed E-state index contributed by atoms with van der Waals surface area (Å²) in [6.07, 6.45) is 4.08. The van der Waals surface area contributed by atoms with Crippen molar-refractivity contribution in [3.63, 3.8) is 0 Å². The van der Waals surface area contributed by atoms with Gasteiger partial charge in [-0.15, -0.1) is 0 Å². The number of rotatable bonds is 4. The molecule has 30 heavy (non-hydrogen) atoms. The highest BCUT2D eigenvalue weighted by atomic mass is 16.5. The number of anilines is 1. The molecule has 2 aliphatic rings. The van der Waals surface area contributed by atoms with Crippen molar-refractivity contribution in [3.05, 3.63) is 77.8 Å². The Labute approximate surface area is 174 Å². The smallest absolute Gasteiger partial charge is 0.226 e. The number of fused-ring (bicyclic) bond motifs is 2. The Bertz CT molecular complexity index is 1120. The largest absolute Gasteiger partial charge is 0.493 e. The second kappa shape index (κ2) is 7.33. The Morgan fingerprint density at radius 3 is 2.60 bits per heavy atom. The second-order valence-corrected chi connectivity index (χ2v) is 7.50. The lowest BCUT2D eigenvalue weighted by atomic mass is 9.75. The fourth-order valence-corrected chi connectivity index (χ4v) is 4.46. The number of Topliss-reactive ketones (excluding diaryl/α,β-unsaturated/α-hetero) is 1. The van der Waals surface area contributed by atoms with Crippen LogP contribution < -0.4 is 14.8 Å². The van der Waals surface area contributed by atoms with Crippen molar-refractivity contribution in [2.24, 2.45) is 5.92 Å². The SMILES string of the molecule is COc1ccc([C@@H]2C=C3Nc4ncnn4[C@@H](c4ccccc4)[C@@H]3C(=O)C2)cc1OC. The van der Waals surface area contributed by atoms with Gasteiger partial charge in [0, 0.05) is 18.0 Å². The van der Waals surface area contributed by atoms with Gasteiger partial charge in [-0.3, -0.25) is 4.79 Å². The van der Waals surface area contributed by atoms with Gasteiger partial charge >= 0.3 is 0 Å². The molecule has 5 rings (SSSR count). The van der Waals surface area contributed by atoms with Crippen LogP contribution in [0.5, 0.6) is 11.5 Å². The minimum atomic E-state index is -0.321. The van der Waals surface area contributed by atoms with Gasteiger partial charge in [0.05, 0.1) is 26.2 Å². The normalized spacial score (nSPS) is 22.4. The fraction of sp³-hybridized carbons (Fsp3) is 0.261. The molecule has 152 valence electrons. The van der Waals surface area contributed by atoms with Gasteiger partial charge in [0.2, 0.25) is 5.95 Å². The quantitative estimate of drug-likeness (QED) is 0.719. The van der Waals surface area contributed by atoms with E-state index >= 15 is 0 Å². The van der Waals surface area contributed by atoms with Crippen molar-refractivity contribution in [2.45, 2.75) is 18.4 Å². The average Bonchev–Trinajstić information content (AvgIpc) is 3.25. The van der Waals surface area contributed by atoms with Crippen LogP contribution in [0.2, 0.25) is 0 Å². The summed E-state index contributed by atoms with van der Waals surface area (Å²) in [5, 5.41) is 7.73. The summed E-state index contributed by atoms with van der Waals surface area (Å²) in [6.45, 7) is 0. The molecule has 1 N–H and O–H groups in total. The first-order valence-corrected chi connectivity index (χ1v) is 9.87. The average molecular weight is 402 g/mol. The van der Waals surface area contributed by atoms with Crippen LogP contribution in [0.15, 0.2) is 66.6 Å². The number of aromatic nitrogens is 3. The number of methoxy groups -OCH3 is 2. The predicted octanol–water partition coefficient (Wildman–Crippen LogP) is 3.57. The number of ketones is 1. The molecule has 0 amide bonds. The zero-order valence-electron chi connectivity index (χ0n) is 16.8. The van der Waals surface area contributed by atoms with Gasteiger partial charge in [-0.05, 0) is 23.3 Å². The molecule has 1 aliphatic carbocycles. The molecule has 2 heterocycles. The number of benzene rings is 2. The third-order valence-corrected chi connectivity index (χ3v) is 5.87. The molecule has 0 unspecified atom stereocenters. The van der Waals surface area contributed by atoms with E-state index in [1.54, 1.807) is 14.2 Å². The van der Waals surface area contributed by atoms with E-state index in [1.807, 2.05) is 53.2 Å². The number of carbonyl (C=O) groups is 1. The van der Waals surface area contributed by atoms with Gasteiger partial charge in [0.15, 0.2) is 11.5 Å². The maximum atomic E-state index is 13.4. The van der Waals surface area contributed by atoms with Crippen molar-refractivity contribution < 1.29 is 14.3 Å². The highest BCUT2D eigenvalue weighted by Crippen LogP contribution is 2.44. The van der Waals surface area contributed by atoms with E-state index in [9.17, 15) is 4.79 Å². The molecular formula is C23H22N4O3. The first-order valence-electron chi connectivity index (χ1n) is 9.87. The van der Waals surface area contributed by atoms with Crippen molar-refractivity contribution in [2.75, 3.05) is 19.5 Å². The molecule has 0 radical (unpaired) electrons. The maximum Gasteiger partial charge on any atom is 0.226 e. The summed E-state index contributed by atoms with van der Waals surface area (Å²) < 4.78 is 12.6. The summed E-state index contributed by atoms with van der Waals surface area (Å²) >= 11 is 0. The van der Waals surface area contributed by atoms with Gasteiger partial charge < -0.3 is 14.8 Å². The summed E-state index contributed by atoms with van der Waals surface area (Å²) in [5.41, 5.74) is 2.93. The van der Waals surface area contributed by atoms with Crippen LogP contribution in [0.3, 0.4) is 0 Å². The molecule has 3 atom stereocenters. The lowest BCUT2D eigenvalue weighted by Crippen LogP contribution is -2.40. The van der Waals surface area contributed by atoms with E-state index in [0.717, 1.165) is 16.8 Å². The minimum absolute atomic E-state index is 0.0537. The molecule has 0 bridgehead atoms. The monoisotopic (exact) mass is 402 g/mol. The Hall–Kier alpha value is -3.61. The number of hydrogen-bond acceptors (Lipinski definition) is 6. The van der Waals surface area contributed by atoms with E-state index in [4.69, 9.17) is 9.47 Å². The van der Waals surface area contributed by atoms with E-state index in [2.05, 4.69) is 21.5 Å². The Morgan fingerprint density at radius 1 is 1.03 bits per heavy atom. The lowest BCUT2D eigenvalue weighted by Gasteiger charge is -2.38. The second-order valence-electron chi connectivity index (χ2n) is 7.50. The number of ether oxygens (including phenoxy) is 2. The van der Waals surface area contributed by atoms with Gasteiger partial charge in [-0.25, -0.2) is 4.68 Å². The predicted molar refractivity (Wildman–Crippen MR) is 112 cm³/mol. The molecule has 7 nitrogen and oxygen atoms in total. The van der Waals surface area contributed by atoms with Gasteiger partial charge in [0.1, 0.15) is 12.1 Å². The molecular weight excluding hydrogens is 380 g/mol. The minimum Gasteiger partial charge on any atom is -0.493 e. The highest BCUT2D eigenvalue weighted by Gasteiger charge is 2.43. The van der Waals surface area contributed by atoms with E-state index in [1.165, 1.54) is 6.33 Å². The van der Waals surface area contributed by atoms with Crippen LogP contribution in [0.25, 0.3) is 0 Å². The van der Waals surface area contributed by atoms with Crippen LogP contribution in [0.1, 0.15) is 29.5 Å². The lowest BCUT2D eigenvalue weighted by molar-refractivity contribution is -0.123. The number of carbonyl (C=O) groups excluding carboxylic acids is 1. The van der Waals surface area contributed by atoms with Crippen molar-refractivity contribution in [1.29, 1.82) is 0 Å². The van der Waals surface area contributed by atoms with E-state index in [-0.39, 0.29) is 23.7 Å². The van der Waals surface area contributed by atoms with Crippen molar-refractivity contribution in [1.82, 2.24) is 14.8 Å². The van der Waals surface area contributed by atoms with E-state index < -0.39 is 0 Å². The molecule has 7 heteroatoms. The summed E-state index contributed by atoms with van der Waals surface area (Å²) in [6, 6.07) is 15.6. The molecule has 0 saturated heterocycles. The van der Waals surface area contributed by atoms with Crippen molar-refractivity contribution in [3.8, 4) is 11.5 Å². The Morgan fingerprint density at radius 2 is 1.83 bits per heavy atom. The van der Waals surface area contributed by atoms with Crippen LogP contribution >= 0.6 is 0 Å². The Kier molecular flexibility index (Phi) is 4.50. The summed E-state index contributed by atoms with van der Waals surface area (Å²) in [4.78, 5) is 17.8. The molecule has 3 aromatic rings. The van der Waals surface area contributed by atoms with Crippen LogP contribution in [0.4, 0.5) is 5.95 Å². The van der Waals surface area contributed by atoms with Gasteiger partial charge in [-0.1, -0.05) is 42.5 Å². The molecule has 1 aliphatic heterocycles. The van der Waals surface area contributed by atoms with Crippen LogP contribution in [-0.4, -0.2) is 34.8 Å². The highest BCUT2D eigenvalue weighted by molar-refractivity contribution is 5.88. The topological polar surface area (TPSA) is 78.3 Å². The molecule has 0 fully saturated rings. The number of hydrogen-bond donors (Lipinski definition) is 1. The standard InChI is InChI=1S/C23H22N4O3/c1-29-19-9-8-15(12-20(19)30-2)16-10-17-21(18(28)11-16)22(14-6-4-3-5-7-14)27-23(26-17)24-13-25-27/h3-10,12-13,16,21-22H,11H2,1-2H3,(H,24,25,26)/t16-,21+,22+/m1/s1. The Balaban J connectivity index is 1.57. The third-order valence-electron chi connectivity index (χ3n) is 5.87. The van der Waals surface area contributed by atoms with Crippen LogP contribution in [-0.2, 0) is 4.79 Å². The third kappa shape index (κ3) is 2.94. The number of nitrogens with one attached hydrogen (secondary N) is 1. The molecule has 0 spiro atoms. The molecule has 0 saturated carbocycles.